The summed E-state index contributed by atoms with van der Waals surface area (Å²) in [5.41, 5.74) is 6.34. The molecule has 3 heteroatoms. The molecule has 0 aliphatic heterocycles. The molecule has 2 N–H and O–H groups in total. The van der Waals surface area contributed by atoms with Crippen LogP contribution < -0.4 is 10.5 Å². The highest BCUT2D eigenvalue weighted by Gasteiger charge is 1.98. The van der Waals surface area contributed by atoms with Crippen LogP contribution in [-0.2, 0) is 0 Å². The van der Waals surface area contributed by atoms with Crippen LogP contribution in [0.25, 0.3) is 0 Å². The minimum atomic E-state index is 0.541. The Hall–Kier alpha value is -0.990. The SMILES string of the molecule is Cc1cc(Cl)ccc1OCC=CCN. The second-order valence-corrected chi connectivity index (χ2v) is 3.36. The number of ether oxygens (including phenoxy) is 1. The van der Waals surface area contributed by atoms with Crippen molar-refractivity contribution in [2.45, 2.75) is 6.92 Å². The van der Waals surface area contributed by atoms with E-state index in [0.717, 1.165) is 16.3 Å². The fourth-order valence-corrected chi connectivity index (χ4v) is 1.30. The molecule has 0 saturated carbocycles. The molecule has 0 aliphatic rings. The van der Waals surface area contributed by atoms with Gasteiger partial charge in [-0.15, -0.1) is 0 Å². The molecule has 0 spiro atoms. The monoisotopic (exact) mass is 211 g/mol. The summed E-state index contributed by atoms with van der Waals surface area (Å²) in [5.74, 6) is 0.857. The van der Waals surface area contributed by atoms with Crippen molar-refractivity contribution in [1.29, 1.82) is 0 Å². The minimum absolute atomic E-state index is 0.541. The Kier molecular flexibility index (Phi) is 4.50. The summed E-state index contributed by atoms with van der Waals surface area (Å²) in [7, 11) is 0. The normalized spacial score (nSPS) is 10.8. The van der Waals surface area contributed by atoms with E-state index >= 15 is 0 Å². The summed E-state index contributed by atoms with van der Waals surface area (Å²) in [4.78, 5) is 0. The van der Waals surface area contributed by atoms with Crippen LogP contribution in [0.5, 0.6) is 5.75 Å². The topological polar surface area (TPSA) is 35.2 Å². The van der Waals surface area contributed by atoms with Crippen molar-refractivity contribution in [2.24, 2.45) is 5.73 Å². The standard InChI is InChI=1S/C11H14ClNO/c1-9-8-10(12)4-5-11(9)14-7-3-2-6-13/h2-5,8H,6-7,13H2,1H3. The second kappa shape index (κ2) is 5.68. The van der Waals surface area contributed by atoms with Gasteiger partial charge in [-0.1, -0.05) is 23.8 Å². The number of rotatable bonds is 4. The maximum absolute atomic E-state index is 5.81. The van der Waals surface area contributed by atoms with Crippen molar-refractivity contribution in [2.75, 3.05) is 13.2 Å². The van der Waals surface area contributed by atoms with Gasteiger partial charge in [0.05, 0.1) is 0 Å². The van der Waals surface area contributed by atoms with Crippen LogP contribution in [-0.4, -0.2) is 13.2 Å². The number of hydrogen-bond donors (Lipinski definition) is 1. The Balaban J connectivity index is 2.55. The lowest BCUT2D eigenvalue weighted by Crippen LogP contribution is -1.98. The van der Waals surface area contributed by atoms with Crippen LogP contribution in [0.3, 0.4) is 0 Å². The lowest BCUT2D eigenvalue weighted by atomic mass is 10.2. The molecular formula is C11H14ClNO. The first-order valence-corrected chi connectivity index (χ1v) is 4.86. The van der Waals surface area contributed by atoms with Gasteiger partial charge < -0.3 is 10.5 Å². The second-order valence-electron chi connectivity index (χ2n) is 2.93. The fourth-order valence-electron chi connectivity index (χ4n) is 1.08. The summed E-state index contributed by atoms with van der Waals surface area (Å²) >= 11 is 5.81. The number of nitrogens with two attached hydrogens (primary N) is 1. The third kappa shape index (κ3) is 3.40. The number of benzene rings is 1. The number of aryl methyl sites for hydroxylation is 1. The molecule has 1 aromatic carbocycles. The van der Waals surface area contributed by atoms with E-state index < -0.39 is 0 Å². The van der Waals surface area contributed by atoms with Crippen molar-refractivity contribution in [1.82, 2.24) is 0 Å². The van der Waals surface area contributed by atoms with Gasteiger partial charge in [0, 0.05) is 11.6 Å². The van der Waals surface area contributed by atoms with Crippen molar-refractivity contribution < 1.29 is 4.74 Å². The van der Waals surface area contributed by atoms with E-state index in [1.54, 1.807) is 0 Å². The van der Waals surface area contributed by atoms with Crippen LogP contribution in [0.4, 0.5) is 0 Å². The molecular weight excluding hydrogens is 198 g/mol. The van der Waals surface area contributed by atoms with Gasteiger partial charge in [0.25, 0.3) is 0 Å². The van der Waals surface area contributed by atoms with Gasteiger partial charge in [-0.3, -0.25) is 0 Å². The summed E-state index contributed by atoms with van der Waals surface area (Å²) < 4.78 is 5.49. The smallest absolute Gasteiger partial charge is 0.122 e. The molecule has 0 aromatic heterocycles. The molecule has 0 amide bonds. The first-order chi connectivity index (χ1) is 6.74. The van der Waals surface area contributed by atoms with E-state index in [9.17, 15) is 0 Å². The van der Waals surface area contributed by atoms with Gasteiger partial charge >= 0.3 is 0 Å². The van der Waals surface area contributed by atoms with E-state index in [1.807, 2.05) is 37.3 Å². The quantitative estimate of drug-likeness (QED) is 0.777. The van der Waals surface area contributed by atoms with E-state index in [2.05, 4.69) is 0 Å². The zero-order valence-corrected chi connectivity index (χ0v) is 8.92. The van der Waals surface area contributed by atoms with Crippen LogP contribution in [0.1, 0.15) is 5.56 Å². The van der Waals surface area contributed by atoms with Crippen molar-refractivity contribution in [3.63, 3.8) is 0 Å². The van der Waals surface area contributed by atoms with E-state index in [4.69, 9.17) is 22.1 Å². The Bertz CT molecular complexity index is 323. The molecule has 0 fully saturated rings. The van der Waals surface area contributed by atoms with E-state index in [1.165, 1.54) is 0 Å². The van der Waals surface area contributed by atoms with Gasteiger partial charge in [-0.05, 0) is 30.7 Å². The van der Waals surface area contributed by atoms with Gasteiger partial charge in [0.1, 0.15) is 12.4 Å². The maximum Gasteiger partial charge on any atom is 0.122 e. The molecule has 1 rings (SSSR count). The molecule has 2 nitrogen and oxygen atoms in total. The number of hydrogen-bond acceptors (Lipinski definition) is 2. The third-order valence-electron chi connectivity index (χ3n) is 1.77. The molecule has 0 radical (unpaired) electrons. The van der Waals surface area contributed by atoms with E-state index in [0.29, 0.717) is 13.2 Å². The molecule has 14 heavy (non-hydrogen) atoms. The zero-order chi connectivity index (χ0) is 10.4. The molecule has 0 saturated heterocycles. The first-order valence-electron chi connectivity index (χ1n) is 4.48. The van der Waals surface area contributed by atoms with Crippen molar-refractivity contribution >= 4 is 11.6 Å². The highest BCUT2D eigenvalue weighted by atomic mass is 35.5. The molecule has 0 aliphatic carbocycles. The highest BCUT2D eigenvalue weighted by molar-refractivity contribution is 6.30. The zero-order valence-electron chi connectivity index (χ0n) is 8.16. The van der Waals surface area contributed by atoms with Crippen LogP contribution in [0.2, 0.25) is 5.02 Å². The van der Waals surface area contributed by atoms with Crippen LogP contribution >= 0.6 is 11.6 Å². The average molecular weight is 212 g/mol. The van der Waals surface area contributed by atoms with Crippen molar-refractivity contribution in [3.8, 4) is 5.75 Å². The van der Waals surface area contributed by atoms with E-state index in [-0.39, 0.29) is 0 Å². The first kappa shape index (κ1) is 11.1. The Morgan fingerprint density at radius 1 is 1.43 bits per heavy atom. The van der Waals surface area contributed by atoms with Crippen LogP contribution in [0.15, 0.2) is 30.4 Å². The molecule has 76 valence electrons. The molecule has 1 aromatic rings. The lowest BCUT2D eigenvalue weighted by molar-refractivity contribution is 0.360. The summed E-state index contributed by atoms with van der Waals surface area (Å²) in [6.45, 7) is 3.05. The van der Waals surface area contributed by atoms with Gasteiger partial charge in [-0.2, -0.15) is 0 Å². The summed E-state index contributed by atoms with van der Waals surface area (Å²) in [5, 5.41) is 0.729. The highest BCUT2D eigenvalue weighted by Crippen LogP contribution is 2.21. The Morgan fingerprint density at radius 3 is 2.86 bits per heavy atom. The predicted molar refractivity (Wildman–Crippen MR) is 59.9 cm³/mol. The summed E-state index contributed by atoms with van der Waals surface area (Å²) in [6, 6.07) is 5.56. The molecule has 0 atom stereocenters. The third-order valence-corrected chi connectivity index (χ3v) is 2.01. The van der Waals surface area contributed by atoms with Crippen LogP contribution in [0, 0.1) is 6.92 Å². The fraction of sp³-hybridized carbons (Fsp3) is 0.273. The van der Waals surface area contributed by atoms with Crippen molar-refractivity contribution in [3.05, 3.63) is 40.9 Å². The van der Waals surface area contributed by atoms with Gasteiger partial charge in [0.2, 0.25) is 0 Å². The number of halogens is 1. The maximum atomic E-state index is 5.81. The Labute approximate surface area is 89.3 Å². The Morgan fingerprint density at radius 2 is 2.21 bits per heavy atom. The van der Waals surface area contributed by atoms with Gasteiger partial charge in [0.15, 0.2) is 0 Å². The summed E-state index contributed by atoms with van der Waals surface area (Å²) in [6.07, 6.45) is 3.76. The lowest BCUT2D eigenvalue weighted by Gasteiger charge is -2.06. The van der Waals surface area contributed by atoms with Gasteiger partial charge in [-0.25, -0.2) is 0 Å². The molecule has 0 unspecified atom stereocenters. The predicted octanol–water partition coefficient (Wildman–Crippen LogP) is 2.54. The largest absolute Gasteiger partial charge is 0.489 e. The molecule has 0 heterocycles. The minimum Gasteiger partial charge on any atom is -0.489 e. The molecule has 0 bridgehead atoms. The average Bonchev–Trinajstić information content (AvgIpc) is 2.15.